The average molecular weight is 414 g/mol. The summed E-state index contributed by atoms with van der Waals surface area (Å²) >= 11 is 0. The molecule has 31 heavy (non-hydrogen) atoms. The molecule has 0 fully saturated rings. The lowest BCUT2D eigenvalue weighted by Crippen LogP contribution is -2.11. The van der Waals surface area contributed by atoms with Crippen molar-refractivity contribution in [3.63, 3.8) is 0 Å². The number of benzene rings is 2. The molecule has 0 saturated heterocycles. The monoisotopic (exact) mass is 414 g/mol. The number of rotatable bonds is 5. The molecule has 1 aliphatic heterocycles. The van der Waals surface area contributed by atoms with Crippen LogP contribution in [0.15, 0.2) is 59.2 Å². The van der Waals surface area contributed by atoms with Crippen molar-refractivity contribution < 1.29 is 13.9 Å². The molecular weight excluding hydrogens is 392 g/mol. The first-order chi connectivity index (χ1) is 15.2. The molecule has 3 heterocycles. The van der Waals surface area contributed by atoms with E-state index in [1.54, 1.807) is 18.4 Å². The predicted molar refractivity (Wildman–Crippen MR) is 118 cm³/mol. The van der Waals surface area contributed by atoms with Crippen LogP contribution in [0.4, 0.5) is 5.82 Å². The van der Waals surface area contributed by atoms with Crippen LogP contribution < -0.4 is 11.1 Å². The Morgan fingerprint density at radius 1 is 1.06 bits per heavy atom. The van der Waals surface area contributed by atoms with Crippen LogP contribution in [0.3, 0.4) is 0 Å². The van der Waals surface area contributed by atoms with Gasteiger partial charge in [0.05, 0.1) is 17.9 Å². The van der Waals surface area contributed by atoms with Crippen molar-refractivity contribution in [2.75, 3.05) is 11.9 Å². The van der Waals surface area contributed by atoms with Crippen molar-refractivity contribution in [1.29, 1.82) is 0 Å². The first-order valence-electron chi connectivity index (χ1n) is 10.3. The smallest absolute Gasteiger partial charge is 0.249 e. The molecule has 2 aromatic carbocycles. The lowest BCUT2D eigenvalue weighted by atomic mass is 10.1. The van der Waals surface area contributed by atoms with E-state index in [1.807, 2.05) is 24.3 Å². The number of nitrogens with one attached hydrogen (secondary N) is 1. The number of primary amides is 1. The van der Waals surface area contributed by atoms with Crippen molar-refractivity contribution in [2.45, 2.75) is 26.0 Å². The number of carbonyl (C=O) groups is 1. The number of ether oxygens (including phenoxy) is 1. The number of carbonyl (C=O) groups excluding carboxylic acids is 1. The Hall–Kier alpha value is -3.71. The highest BCUT2D eigenvalue weighted by atomic mass is 16.5. The number of nitrogens with zero attached hydrogens (tertiary/aromatic N) is 2. The number of amides is 1. The van der Waals surface area contributed by atoms with Crippen LogP contribution in [0.1, 0.15) is 33.6 Å². The van der Waals surface area contributed by atoms with E-state index in [2.05, 4.69) is 17.4 Å². The van der Waals surface area contributed by atoms with Gasteiger partial charge in [0.1, 0.15) is 12.1 Å². The summed E-state index contributed by atoms with van der Waals surface area (Å²) in [5.74, 6) is 1.24. The molecular formula is C24H22N4O3. The number of nitrogens with two attached hydrogens (primary N) is 1. The molecule has 7 nitrogen and oxygen atoms in total. The first kappa shape index (κ1) is 19.3. The summed E-state index contributed by atoms with van der Waals surface area (Å²) in [7, 11) is 0. The molecule has 0 aliphatic carbocycles. The van der Waals surface area contributed by atoms with E-state index in [1.165, 1.54) is 0 Å². The number of hydrogen-bond donors (Lipinski definition) is 2. The van der Waals surface area contributed by atoms with Gasteiger partial charge in [-0.2, -0.15) is 0 Å². The quantitative estimate of drug-likeness (QED) is 0.510. The SMILES string of the molecule is NC(=O)c1cccc2c(-c3nc4c(c(NCc5ccccc5)n3)COCCC4)occ12. The molecule has 5 rings (SSSR count). The molecule has 0 spiro atoms. The molecule has 0 bridgehead atoms. The van der Waals surface area contributed by atoms with Gasteiger partial charge in [0.2, 0.25) is 5.91 Å². The molecule has 0 saturated carbocycles. The van der Waals surface area contributed by atoms with Crippen molar-refractivity contribution in [3.05, 3.63) is 77.2 Å². The fraction of sp³-hybridized carbons (Fsp3) is 0.208. The predicted octanol–water partition coefficient (Wildman–Crippen LogP) is 4.06. The molecule has 1 amide bonds. The van der Waals surface area contributed by atoms with Gasteiger partial charge in [-0.1, -0.05) is 42.5 Å². The number of aryl methyl sites for hydroxylation is 1. The van der Waals surface area contributed by atoms with Gasteiger partial charge >= 0.3 is 0 Å². The van der Waals surface area contributed by atoms with E-state index in [0.29, 0.717) is 42.3 Å². The van der Waals surface area contributed by atoms with Crippen molar-refractivity contribution in [2.24, 2.45) is 5.73 Å². The largest absolute Gasteiger partial charge is 0.460 e. The Bertz CT molecular complexity index is 1250. The van der Waals surface area contributed by atoms with Gasteiger partial charge in [0.25, 0.3) is 0 Å². The normalized spacial score (nSPS) is 13.5. The maximum Gasteiger partial charge on any atom is 0.249 e. The molecule has 0 unspecified atom stereocenters. The average Bonchev–Trinajstić information content (AvgIpc) is 3.08. The highest BCUT2D eigenvalue weighted by Gasteiger charge is 2.21. The lowest BCUT2D eigenvalue weighted by Gasteiger charge is -2.14. The van der Waals surface area contributed by atoms with Crippen molar-refractivity contribution >= 4 is 22.5 Å². The van der Waals surface area contributed by atoms with E-state index >= 15 is 0 Å². The molecule has 7 heteroatoms. The van der Waals surface area contributed by atoms with Gasteiger partial charge < -0.3 is 20.2 Å². The third-order valence-corrected chi connectivity index (χ3v) is 5.46. The Kier molecular flexibility index (Phi) is 5.09. The van der Waals surface area contributed by atoms with E-state index in [9.17, 15) is 4.79 Å². The maximum atomic E-state index is 11.8. The second-order valence-corrected chi connectivity index (χ2v) is 7.51. The van der Waals surface area contributed by atoms with Crippen molar-refractivity contribution in [1.82, 2.24) is 9.97 Å². The Labute approximate surface area is 179 Å². The number of aromatic nitrogens is 2. The fourth-order valence-corrected chi connectivity index (χ4v) is 3.89. The minimum atomic E-state index is -0.497. The number of furan rings is 1. The molecule has 0 atom stereocenters. The summed E-state index contributed by atoms with van der Waals surface area (Å²) in [6.45, 7) is 1.79. The zero-order valence-corrected chi connectivity index (χ0v) is 16.9. The van der Waals surface area contributed by atoms with Gasteiger partial charge in [-0.3, -0.25) is 4.79 Å². The van der Waals surface area contributed by atoms with E-state index in [-0.39, 0.29) is 0 Å². The summed E-state index contributed by atoms with van der Waals surface area (Å²) < 4.78 is 11.6. The Morgan fingerprint density at radius 3 is 2.77 bits per heavy atom. The minimum absolute atomic E-state index is 0.415. The molecule has 2 aromatic heterocycles. The molecule has 3 N–H and O–H groups in total. The molecule has 4 aromatic rings. The second kappa shape index (κ2) is 8.20. The van der Waals surface area contributed by atoms with Crippen LogP contribution in [0.25, 0.3) is 22.4 Å². The van der Waals surface area contributed by atoms with Crippen molar-refractivity contribution in [3.8, 4) is 11.6 Å². The van der Waals surface area contributed by atoms with Gasteiger partial charge in [-0.25, -0.2) is 9.97 Å². The molecule has 0 radical (unpaired) electrons. The Morgan fingerprint density at radius 2 is 1.94 bits per heavy atom. The van der Waals surface area contributed by atoms with Crippen LogP contribution in [0.5, 0.6) is 0 Å². The standard InChI is InChI=1S/C24H22N4O3/c25-22(29)17-9-4-8-16-18(17)14-31-21(16)24-27-20-10-5-11-30-13-19(20)23(28-24)26-12-15-6-2-1-3-7-15/h1-4,6-9,14H,5,10-13H2,(H2,25,29)(H,26,27,28). The van der Waals surface area contributed by atoms with Crippen LogP contribution in [-0.4, -0.2) is 22.5 Å². The number of hydrogen-bond acceptors (Lipinski definition) is 6. The molecule has 1 aliphatic rings. The number of fused-ring (bicyclic) bond motifs is 2. The van der Waals surface area contributed by atoms with Crippen LogP contribution in [-0.2, 0) is 24.3 Å². The van der Waals surface area contributed by atoms with Crippen LogP contribution in [0, 0.1) is 0 Å². The first-order valence-corrected chi connectivity index (χ1v) is 10.3. The van der Waals surface area contributed by atoms with E-state index in [4.69, 9.17) is 24.9 Å². The highest BCUT2D eigenvalue weighted by molar-refractivity contribution is 6.08. The van der Waals surface area contributed by atoms with Crippen LogP contribution >= 0.6 is 0 Å². The summed E-state index contributed by atoms with van der Waals surface area (Å²) in [6, 6.07) is 15.5. The third kappa shape index (κ3) is 3.75. The summed E-state index contributed by atoms with van der Waals surface area (Å²) in [6.07, 6.45) is 3.24. The number of anilines is 1. The van der Waals surface area contributed by atoms with E-state index in [0.717, 1.165) is 40.9 Å². The molecule has 156 valence electrons. The zero-order valence-electron chi connectivity index (χ0n) is 16.9. The highest BCUT2D eigenvalue weighted by Crippen LogP contribution is 2.33. The summed E-state index contributed by atoms with van der Waals surface area (Å²) in [4.78, 5) is 21.4. The zero-order chi connectivity index (χ0) is 21.2. The second-order valence-electron chi connectivity index (χ2n) is 7.51. The van der Waals surface area contributed by atoms with Gasteiger partial charge in [-0.15, -0.1) is 0 Å². The maximum absolute atomic E-state index is 11.8. The topological polar surface area (TPSA) is 103 Å². The Balaban J connectivity index is 1.59. The fourth-order valence-electron chi connectivity index (χ4n) is 3.89. The van der Waals surface area contributed by atoms with Crippen LogP contribution in [0.2, 0.25) is 0 Å². The lowest BCUT2D eigenvalue weighted by molar-refractivity contribution is 0.100. The van der Waals surface area contributed by atoms with Gasteiger partial charge in [0.15, 0.2) is 11.6 Å². The van der Waals surface area contributed by atoms with Gasteiger partial charge in [-0.05, 0) is 24.5 Å². The van der Waals surface area contributed by atoms with Gasteiger partial charge in [0, 0.05) is 29.5 Å². The van der Waals surface area contributed by atoms with E-state index < -0.39 is 5.91 Å². The summed E-state index contributed by atoms with van der Waals surface area (Å²) in [5.41, 5.74) is 9.02. The summed E-state index contributed by atoms with van der Waals surface area (Å²) in [5, 5.41) is 4.87. The minimum Gasteiger partial charge on any atom is -0.460 e. The third-order valence-electron chi connectivity index (χ3n) is 5.46.